The molecule has 0 amide bonds. The Hall–Kier alpha value is -8.14. The molecule has 1 unspecified atom stereocenters. The number of rotatable bonds is 9. The van der Waals surface area contributed by atoms with Crippen LogP contribution in [0.2, 0.25) is 0 Å². The molecule has 0 fully saturated rings. The summed E-state index contributed by atoms with van der Waals surface area (Å²) in [7, 11) is 0. The fourth-order valence-corrected chi connectivity index (χ4v) is 8.80. The molecular weight excluding hydrogens is 753 g/mol. The van der Waals surface area contributed by atoms with Gasteiger partial charge in [0.05, 0.1) is 11.4 Å². The van der Waals surface area contributed by atoms with E-state index in [-0.39, 0.29) is 6.23 Å². The van der Waals surface area contributed by atoms with Crippen LogP contribution in [0.4, 0.5) is 22.7 Å². The number of benzene rings is 10. The molecule has 10 aromatic rings. The molecule has 3 heteroatoms. The molecule has 0 aliphatic carbocycles. The molecule has 0 bridgehead atoms. The number of fused-ring (bicyclic) bond motifs is 3. The zero-order chi connectivity index (χ0) is 41.2. The smallest absolute Gasteiger partial charge is 0.196 e. The minimum Gasteiger partial charge on any atom is -0.464 e. The van der Waals surface area contributed by atoms with Gasteiger partial charge in [-0.3, -0.25) is 0 Å². The van der Waals surface area contributed by atoms with Gasteiger partial charge < -0.3 is 15.0 Å². The van der Waals surface area contributed by atoms with Crippen LogP contribution in [0.3, 0.4) is 0 Å². The third kappa shape index (κ3) is 7.06. The van der Waals surface area contributed by atoms with Crippen molar-refractivity contribution in [3.63, 3.8) is 0 Å². The minimum absolute atomic E-state index is 0.250. The van der Waals surface area contributed by atoms with Crippen LogP contribution < -0.4 is 15.0 Å². The van der Waals surface area contributed by atoms with Crippen LogP contribution in [-0.2, 0) is 0 Å². The predicted octanol–water partition coefficient (Wildman–Crippen LogP) is 16.1. The lowest BCUT2D eigenvalue weighted by atomic mass is 9.93. The Bertz CT molecular complexity index is 3150. The number of ether oxygens (including phenoxy) is 1. The van der Waals surface area contributed by atoms with Crippen molar-refractivity contribution in [3.05, 3.63) is 248 Å². The second-order valence-corrected chi connectivity index (χ2v) is 15.7. The highest BCUT2D eigenvalue weighted by Crippen LogP contribution is 2.46. The first-order chi connectivity index (χ1) is 30.7. The third-order valence-electron chi connectivity index (χ3n) is 12.0. The number of hydrogen-bond acceptors (Lipinski definition) is 3. The minimum atomic E-state index is -0.250. The molecule has 10 aromatic carbocycles. The van der Waals surface area contributed by atoms with E-state index in [4.69, 9.17) is 4.74 Å². The summed E-state index contributed by atoms with van der Waals surface area (Å²) in [6.45, 7) is 0. The van der Waals surface area contributed by atoms with E-state index < -0.39 is 0 Å². The maximum absolute atomic E-state index is 6.63. The van der Waals surface area contributed by atoms with E-state index in [9.17, 15) is 0 Å². The molecule has 62 heavy (non-hydrogen) atoms. The summed E-state index contributed by atoms with van der Waals surface area (Å²) in [5.41, 5.74) is 17.2. The molecule has 3 nitrogen and oxygen atoms in total. The first-order valence-electron chi connectivity index (χ1n) is 21.2. The quantitative estimate of drug-likeness (QED) is 0.157. The molecule has 294 valence electrons. The van der Waals surface area contributed by atoms with Gasteiger partial charge in [0.1, 0.15) is 0 Å². The molecule has 0 aromatic heterocycles. The monoisotopic (exact) mass is 794 g/mol. The highest BCUT2D eigenvalue weighted by Gasteiger charge is 2.26. The van der Waals surface area contributed by atoms with Crippen molar-refractivity contribution in [2.45, 2.75) is 6.23 Å². The fraction of sp³-hybridized carbons (Fsp3) is 0.0169. The van der Waals surface area contributed by atoms with Crippen molar-refractivity contribution < 1.29 is 4.74 Å². The van der Waals surface area contributed by atoms with E-state index in [0.29, 0.717) is 0 Å². The summed E-state index contributed by atoms with van der Waals surface area (Å²) in [6, 6.07) is 86.6. The zero-order valence-corrected chi connectivity index (χ0v) is 34.0. The van der Waals surface area contributed by atoms with Crippen molar-refractivity contribution in [3.8, 4) is 61.4 Å². The molecule has 1 atom stereocenters. The Morgan fingerprint density at radius 1 is 0.355 bits per heavy atom. The summed E-state index contributed by atoms with van der Waals surface area (Å²) in [4.78, 5) is 2.37. The lowest BCUT2D eigenvalue weighted by Gasteiger charge is -2.28. The van der Waals surface area contributed by atoms with Crippen molar-refractivity contribution in [1.29, 1.82) is 0 Å². The number of hydrogen-bond donors (Lipinski definition) is 1. The van der Waals surface area contributed by atoms with E-state index in [0.717, 1.165) is 56.0 Å². The average Bonchev–Trinajstić information content (AvgIpc) is 3.81. The number of nitrogens with one attached hydrogen (secondary N) is 1. The summed E-state index contributed by atoms with van der Waals surface area (Å²) in [5, 5.41) is 5.84. The second-order valence-electron chi connectivity index (χ2n) is 15.7. The van der Waals surface area contributed by atoms with Crippen LogP contribution in [-0.4, -0.2) is 0 Å². The third-order valence-corrected chi connectivity index (χ3v) is 12.0. The van der Waals surface area contributed by atoms with Gasteiger partial charge in [-0.25, -0.2) is 0 Å². The Labute approximate surface area is 362 Å². The molecule has 0 saturated heterocycles. The topological polar surface area (TPSA) is 24.5 Å². The van der Waals surface area contributed by atoms with Crippen LogP contribution >= 0.6 is 0 Å². The van der Waals surface area contributed by atoms with Crippen LogP contribution in [0, 0.1) is 0 Å². The Balaban J connectivity index is 0.906. The molecular formula is C59H42N2O. The Kier molecular flexibility index (Phi) is 9.61. The van der Waals surface area contributed by atoms with Crippen molar-refractivity contribution in [2.75, 3.05) is 10.2 Å². The maximum atomic E-state index is 6.63. The summed E-state index contributed by atoms with van der Waals surface area (Å²) in [6.07, 6.45) is -0.250. The molecule has 1 heterocycles. The summed E-state index contributed by atoms with van der Waals surface area (Å²) >= 11 is 0. The van der Waals surface area contributed by atoms with Gasteiger partial charge in [-0.05, 0) is 104 Å². The van der Waals surface area contributed by atoms with Crippen molar-refractivity contribution >= 4 is 33.5 Å². The highest BCUT2D eigenvalue weighted by molar-refractivity contribution is 5.98. The molecule has 1 aliphatic rings. The number of para-hydroxylation sites is 1. The Morgan fingerprint density at radius 3 is 1.42 bits per heavy atom. The molecule has 0 saturated carbocycles. The molecule has 11 rings (SSSR count). The van der Waals surface area contributed by atoms with Crippen molar-refractivity contribution in [2.24, 2.45) is 0 Å². The first kappa shape index (κ1) is 36.9. The lowest BCUT2D eigenvalue weighted by molar-refractivity contribution is 0.262. The van der Waals surface area contributed by atoms with Gasteiger partial charge in [-0.2, -0.15) is 0 Å². The summed E-state index contributed by atoms with van der Waals surface area (Å²) < 4.78 is 6.63. The van der Waals surface area contributed by atoms with Crippen molar-refractivity contribution in [1.82, 2.24) is 0 Å². The first-order valence-corrected chi connectivity index (χ1v) is 21.2. The second kappa shape index (κ2) is 16.1. The van der Waals surface area contributed by atoms with Gasteiger partial charge >= 0.3 is 0 Å². The van der Waals surface area contributed by atoms with Gasteiger partial charge in [0.25, 0.3) is 0 Å². The highest BCUT2D eigenvalue weighted by atomic mass is 16.5. The lowest BCUT2D eigenvalue weighted by Crippen LogP contribution is -2.11. The van der Waals surface area contributed by atoms with Gasteiger partial charge in [0, 0.05) is 27.9 Å². The average molecular weight is 795 g/mol. The normalized spacial score (nSPS) is 12.9. The standard InChI is InChI=1S/C59H42N2O/c1-4-14-41(15-5-1)43-24-26-47(27-25-43)59-60-56-39-33-49-40-48(32-38-55(49)58(56)62-59)53-21-11-10-20-52(53)46-30-36-51(37-31-46)61(50-34-28-44(29-35-50)42-16-6-2-7-17-42)57-23-13-12-22-54(57)45-18-8-3-9-19-45/h1-40,59-60H. The largest absolute Gasteiger partial charge is 0.464 e. The Morgan fingerprint density at radius 2 is 0.806 bits per heavy atom. The maximum Gasteiger partial charge on any atom is 0.196 e. The van der Waals surface area contributed by atoms with E-state index >= 15 is 0 Å². The molecule has 0 spiro atoms. The van der Waals surface area contributed by atoms with E-state index in [1.54, 1.807) is 0 Å². The van der Waals surface area contributed by atoms with Crippen LogP contribution in [0.5, 0.6) is 5.75 Å². The van der Waals surface area contributed by atoms with Crippen LogP contribution in [0.25, 0.3) is 66.4 Å². The van der Waals surface area contributed by atoms with Crippen LogP contribution in [0.1, 0.15) is 11.8 Å². The van der Waals surface area contributed by atoms with E-state index in [2.05, 4.69) is 247 Å². The predicted molar refractivity (Wildman–Crippen MR) is 259 cm³/mol. The van der Waals surface area contributed by atoms with Gasteiger partial charge in [0.15, 0.2) is 12.0 Å². The molecule has 1 aliphatic heterocycles. The van der Waals surface area contributed by atoms with E-state index in [1.807, 2.05) is 6.07 Å². The van der Waals surface area contributed by atoms with Gasteiger partial charge in [-0.1, -0.05) is 194 Å². The fourth-order valence-electron chi connectivity index (χ4n) is 8.80. The molecule has 0 radical (unpaired) electrons. The number of nitrogens with zero attached hydrogens (tertiary/aromatic N) is 1. The summed E-state index contributed by atoms with van der Waals surface area (Å²) in [5.74, 6) is 0.892. The zero-order valence-electron chi connectivity index (χ0n) is 34.0. The number of anilines is 4. The van der Waals surface area contributed by atoms with E-state index in [1.165, 1.54) is 44.5 Å². The van der Waals surface area contributed by atoms with Gasteiger partial charge in [-0.15, -0.1) is 0 Å². The SMILES string of the molecule is c1ccc(-c2ccc(C3Nc4ccc5cc(-c6ccccc6-c6ccc(N(c7ccc(-c8ccccc8)cc7)c7ccccc7-c7ccccc7)cc6)ccc5c4O3)cc2)cc1. The van der Waals surface area contributed by atoms with Crippen LogP contribution in [0.15, 0.2) is 243 Å². The van der Waals surface area contributed by atoms with Gasteiger partial charge in [0.2, 0.25) is 0 Å². The molecule has 1 N–H and O–H groups in total.